The van der Waals surface area contributed by atoms with Crippen molar-refractivity contribution in [1.82, 2.24) is 0 Å². The van der Waals surface area contributed by atoms with Crippen molar-refractivity contribution in [2.45, 2.75) is 31.4 Å². The summed E-state index contributed by atoms with van der Waals surface area (Å²) in [5.41, 5.74) is 0. The zero-order valence-electron chi connectivity index (χ0n) is 4.41. The Labute approximate surface area is 59.5 Å². The molecular weight excluding hydrogens is 215 g/mol. The minimum absolute atomic E-state index is 0.177. The smallest absolute Gasteiger partial charge is 0.121 e. The van der Waals surface area contributed by atoms with Gasteiger partial charge in [0, 0.05) is 0 Å². The van der Waals surface area contributed by atoms with E-state index in [9.17, 15) is 0 Å². The fourth-order valence-electron chi connectivity index (χ4n) is 0.935. The lowest BCUT2D eigenvalue weighted by Gasteiger charge is -2.11. The fourth-order valence-corrected chi connectivity index (χ4v) is 4.74. The van der Waals surface area contributed by atoms with Gasteiger partial charge in [-0.05, 0) is 12.1 Å². The summed E-state index contributed by atoms with van der Waals surface area (Å²) in [7, 11) is 0. The van der Waals surface area contributed by atoms with E-state index in [0.717, 1.165) is 0 Å². The molecule has 0 amide bonds. The van der Waals surface area contributed by atoms with E-state index in [1.807, 2.05) is 0 Å². The number of halogens is 1. The van der Waals surface area contributed by atoms with E-state index >= 15 is 0 Å². The van der Waals surface area contributed by atoms with Gasteiger partial charge in [0.2, 0.25) is 0 Å². The van der Waals surface area contributed by atoms with Crippen molar-refractivity contribution in [2.75, 3.05) is 0 Å². The van der Waals surface area contributed by atoms with Gasteiger partial charge >= 0.3 is 0 Å². The summed E-state index contributed by atoms with van der Waals surface area (Å²) in [5, 5.41) is 0. The molecule has 1 fully saturated rings. The van der Waals surface area contributed by atoms with Gasteiger partial charge in [-0.1, -0.05) is 19.3 Å². The molecule has 0 saturated carbocycles. The summed E-state index contributed by atoms with van der Waals surface area (Å²) < 4.78 is 0. The van der Waals surface area contributed by atoms with Gasteiger partial charge in [-0.3, -0.25) is 0 Å². The van der Waals surface area contributed by atoms with Crippen LogP contribution in [-0.4, -0.2) is 6.29 Å². The summed E-state index contributed by atoms with van der Waals surface area (Å²) in [6.45, 7) is 0. The van der Waals surface area contributed by atoms with Gasteiger partial charge in [-0.25, -0.2) is 0 Å². The molecule has 41 valence electrons. The number of hydrogen-bond donors (Lipinski definition) is 0. The van der Waals surface area contributed by atoms with Gasteiger partial charge in [0.05, 0.1) is 0 Å². The Morgan fingerprint density at radius 3 is 1.86 bits per heavy atom. The second-order valence-electron chi connectivity index (χ2n) is 2.08. The minimum Gasteiger partial charge on any atom is -0.121 e. The standard InChI is InChI=1S/C5H10ISi/c6-7-4-2-1-3-5-7/h1-5H2. The number of hydrogen-bond acceptors (Lipinski definition) is 0. The average molecular weight is 225 g/mol. The molecule has 0 aliphatic carbocycles. The Hall–Kier alpha value is 0.947. The highest BCUT2D eigenvalue weighted by molar-refractivity contribution is 14.1. The van der Waals surface area contributed by atoms with Crippen molar-refractivity contribution in [3.63, 3.8) is 0 Å². The molecule has 0 bridgehead atoms. The molecule has 1 heterocycles. The van der Waals surface area contributed by atoms with Gasteiger partial charge in [0.15, 0.2) is 0 Å². The maximum absolute atomic E-state index is 2.66. The molecule has 0 atom stereocenters. The topological polar surface area (TPSA) is 0 Å². The first-order chi connectivity index (χ1) is 3.39. The first-order valence-electron chi connectivity index (χ1n) is 2.90. The summed E-state index contributed by atoms with van der Waals surface area (Å²) >= 11 is 2.66. The molecule has 0 N–H and O–H groups in total. The van der Waals surface area contributed by atoms with E-state index in [2.05, 4.69) is 21.8 Å². The van der Waals surface area contributed by atoms with Gasteiger partial charge in [0.25, 0.3) is 0 Å². The Morgan fingerprint density at radius 2 is 1.57 bits per heavy atom. The zero-order valence-corrected chi connectivity index (χ0v) is 7.57. The highest BCUT2D eigenvalue weighted by atomic mass is 127. The van der Waals surface area contributed by atoms with Crippen molar-refractivity contribution in [3.05, 3.63) is 0 Å². The van der Waals surface area contributed by atoms with E-state index in [1.165, 1.54) is 19.3 Å². The predicted molar refractivity (Wildman–Crippen MR) is 43.2 cm³/mol. The average Bonchev–Trinajstić information content (AvgIpc) is 1.69. The predicted octanol–water partition coefficient (Wildman–Crippen LogP) is 2.60. The molecule has 1 aliphatic heterocycles. The molecule has 0 aromatic carbocycles. The quantitative estimate of drug-likeness (QED) is 0.337. The van der Waals surface area contributed by atoms with E-state index < -0.39 is 0 Å². The second-order valence-corrected chi connectivity index (χ2v) is 8.69. The fraction of sp³-hybridized carbons (Fsp3) is 1.00. The van der Waals surface area contributed by atoms with Crippen LogP contribution in [0, 0.1) is 0 Å². The van der Waals surface area contributed by atoms with Crippen molar-refractivity contribution in [2.24, 2.45) is 0 Å². The second kappa shape index (κ2) is 3.07. The summed E-state index contributed by atoms with van der Waals surface area (Å²) in [5.74, 6) is 0. The molecule has 0 aromatic rings. The van der Waals surface area contributed by atoms with Crippen molar-refractivity contribution in [1.29, 1.82) is 0 Å². The SMILES string of the molecule is I[Si]1CCCCC1. The van der Waals surface area contributed by atoms with Crippen LogP contribution in [-0.2, 0) is 0 Å². The van der Waals surface area contributed by atoms with Crippen LogP contribution in [0.15, 0.2) is 0 Å². The highest BCUT2D eigenvalue weighted by Gasteiger charge is 2.10. The monoisotopic (exact) mass is 225 g/mol. The normalized spacial score (nSPS) is 25.3. The van der Waals surface area contributed by atoms with Crippen LogP contribution >= 0.6 is 21.8 Å². The van der Waals surface area contributed by atoms with Crippen molar-refractivity contribution in [3.8, 4) is 0 Å². The molecular formula is C5H10ISi. The molecule has 1 rings (SSSR count). The molecule has 1 saturated heterocycles. The lowest BCUT2D eigenvalue weighted by Crippen LogP contribution is -2.06. The van der Waals surface area contributed by atoms with Crippen LogP contribution < -0.4 is 0 Å². The van der Waals surface area contributed by atoms with Crippen LogP contribution in [0.4, 0.5) is 0 Å². The van der Waals surface area contributed by atoms with E-state index in [-0.39, 0.29) is 6.29 Å². The van der Waals surface area contributed by atoms with Crippen molar-refractivity contribution < 1.29 is 0 Å². The van der Waals surface area contributed by atoms with Crippen LogP contribution in [0.2, 0.25) is 12.1 Å². The highest BCUT2D eigenvalue weighted by Crippen LogP contribution is 2.22. The van der Waals surface area contributed by atoms with Crippen LogP contribution in [0.1, 0.15) is 19.3 Å². The zero-order chi connectivity index (χ0) is 5.11. The summed E-state index contributed by atoms with van der Waals surface area (Å²) in [6, 6.07) is 3.15. The third-order valence-corrected chi connectivity index (χ3v) is 6.42. The third-order valence-electron chi connectivity index (χ3n) is 1.40. The van der Waals surface area contributed by atoms with E-state index in [0.29, 0.717) is 0 Å². The molecule has 0 aromatic heterocycles. The maximum atomic E-state index is 2.66. The molecule has 1 aliphatic rings. The summed E-state index contributed by atoms with van der Waals surface area (Å²) in [4.78, 5) is 0. The third kappa shape index (κ3) is 2.12. The van der Waals surface area contributed by atoms with Gasteiger partial charge in [0.1, 0.15) is 6.29 Å². The molecule has 1 radical (unpaired) electrons. The van der Waals surface area contributed by atoms with Crippen LogP contribution in [0.5, 0.6) is 0 Å². The number of rotatable bonds is 0. The Morgan fingerprint density at radius 1 is 1.00 bits per heavy atom. The first-order valence-corrected chi connectivity index (χ1v) is 7.92. The lowest BCUT2D eigenvalue weighted by atomic mass is 10.3. The maximum Gasteiger partial charge on any atom is 0.129 e. The Bertz CT molecular complexity index is 50.0. The summed E-state index contributed by atoms with van der Waals surface area (Å²) in [6.07, 6.45) is 4.74. The minimum atomic E-state index is 0.177. The van der Waals surface area contributed by atoms with Crippen molar-refractivity contribution >= 4 is 28.1 Å². The lowest BCUT2D eigenvalue weighted by molar-refractivity contribution is 0.733. The molecule has 0 nitrogen and oxygen atoms in total. The van der Waals surface area contributed by atoms with Gasteiger partial charge < -0.3 is 0 Å². The molecule has 2 heteroatoms. The molecule has 7 heavy (non-hydrogen) atoms. The van der Waals surface area contributed by atoms with Crippen LogP contribution in [0.3, 0.4) is 0 Å². The molecule has 0 unspecified atom stereocenters. The Kier molecular flexibility index (Phi) is 2.66. The van der Waals surface area contributed by atoms with Gasteiger partial charge in [-0.15, -0.1) is 21.8 Å². The Balaban J connectivity index is 2.12. The van der Waals surface area contributed by atoms with Crippen LogP contribution in [0.25, 0.3) is 0 Å². The van der Waals surface area contributed by atoms with E-state index in [4.69, 9.17) is 0 Å². The largest absolute Gasteiger partial charge is 0.129 e. The first kappa shape index (κ1) is 6.07. The van der Waals surface area contributed by atoms with Gasteiger partial charge in [-0.2, -0.15) is 0 Å². The van der Waals surface area contributed by atoms with E-state index in [1.54, 1.807) is 12.1 Å². The molecule has 0 spiro atoms.